The van der Waals surface area contributed by atoms with Crippen LogP contribution in [-0.2, 0) is 4.79 Å². The maximum Gasteiger partial charge on any atom is 0.238 e. The molecule has 1 aromatic rings. The van der Waals surface area contributed by atoms with E-state index >= 15 is 0 Å². The first-order valence-corrected chi connectivity index (χ1v) is 6.34. The van der Waals surface area contributed by atoms with E-state index in [1.54, 1.807) is 24.3 Å². The summed E-state index contributed by atoms with van der Waals surface area (Å²) in [5.74, 6) is -0.201. The molecule has 19 heavy (non-hydrogen) atoms. The summed E-state index contributed by atoms with van der Waals surface area (Å²) in [7, 11) is 4.02. The molecule has 104 valence electrons. The summed E-state index contributed by atoms with van der Waals surface area (Å²) in [5.41, 5.74) is 0.121. The lowest BCUT2D eigenvalue weighted by Crippen LogP contribution is -2.31. The molecule has 5 heteroatoms. The van der Waals surface area contributed by atoms with E-state index in [1.165, 1.54) is 6.07 Å². The van der Waals surface area contributed by atoms with Crippen molar-refractivity contribution in [3.8, 4) is 0 Å². The molecular weight excluding hydrogens is 242 g/mol. The van der Waals surface area contributed by atoms with Crippen LogP contribution in [0.3, 0.4) is 0 Å². The Morgan fingerprint density at radius 2 is 1.95 bits per heavy atom. The minimum Gasteiger partial charge on any atom is -0.322 e. The molecule has 1 aromatic carbocycles. The monoisotopic (exact) mass is 263 g/mol. The topological polar surface area (TPSA) is 61.4 Å². The average molecular weight is 263 g/mol. The van der Waals surface area contributed by atoms with Crippen molar-refractivity contribution in [3.05, 3.63) is 40.6 Å². The Kier molecular flexibility index (Phi) is 6.78. The van der Waals surface area contributed by atoms with E-state index in [1.807, 2.05) is 14.1 Å². The number of carbonyl (C=O) groups excluding carboxylic acids is 1. The third-order valence-electron chi connectivity index (χ3n) is 2.52. The second kappa shape index (κ2) is 8.39. The van der Waals surface area contributed by atoms with Crippen molar-refractivity contribution in [1.29, 1.82) is 0 Å². The maximum absolute atomic E-state index is 11.6. The molecular formula is C14H21N3O2. The van der Waals surface area contributed by atoms with E-state index in [0.29, 0.717) is 5.69 Å². The second-order valence-corrected chi connectivity index (χ2v) is 4.57. The van der Waals surface area contributed by atoms with Gasteiger partial charge in [-0.05, 0) is 45.7 Å². The molecule has 0 aromatic heterocycles. The summed E-state index contributed by atoms with van der Waals surface area (Å²) >= 11 is 0. The van der Waals surface area contributed by atoms with Crippen LogP contribution in [0.1, 0.15) is 6.42 Å². The van der Waals surface area contributed by atoms with Crippen molar-refractivity contribution in [1.82, 2.24) is 10.2 Å². The van der Waals surface area contributed by atoms with E-state index in [9.17, 15) is 9.59 Å². The predicted octanol–water partition coefficient (Wildman–Crippen LogP) is 0.527. The van der Waals surface area contributed by atoms with Crippen LogP contribution in [-0.4, -0.2) is 44.5 Å². The molecule has 0 aliphatic rings. The summed E-state index contributed by atoms with van der Waals surface area (Å²) in [6.07, 6.45) is 0.980. The molecule has 0 unspecified atom stereocenters. The molecule has 0 spiro atoms. The number of carbonyl (C=O) groups is 1. The molecule has 0 fully saturated rings. The molecule has 0 saturated heterocycles. The lowest BCUT2D eigenvalue weighted by molar-refractivity contribution is -0.115. The molecule has 0 aliphatic heterocycles. The Labute approximate surface area is 113 Å². The number of anilines is 1. The highest BCUT2D eigenvalue weighted by Crippen LogP contribution is 1.96. The normalized spacial score (nSPS) is 10.5. The van der Waals surface area contributed by atoms with Gasteiger partial charge in [-0.15, -0.1) is 0 Å². The van der Waals surface area contributed by atoms with Crippen molar-refractivity contribution in [3.63, 3.8) is 0 Å². The quantitative estimate of drug-likeness (QED) is 0.704. The van der Waals surface area contributed by atoms with E-state index in [-0.39, 0.29) is 17.9 Å². The van der Waals surface area contributed by atoms with Gasteiger partial charge in [-0.25, -0.2) is 0 Å². The predicted molar refractivity (Wildman–Crippen MR) is 77.4 cm³/mol. The fourth-order valence-electron chi connectivity index (χ4n) is 1.55. The fraction of sp³-hybridized carbons (Fsp3) is 0.429. The molecule has 0 heterocycles. The van der Waals surface area contributed by atoms with Gasteiger partial charge in [-0.2, -0.15) is 0 Å². The molecule has 0 radical (unpaired) electrons. The van der Waals surface area contributed by atoms with Crippen LogP contribution in [0.5, 0.6) is 0 Å². The number of amides is 1. The third-order valence-corrected chi connectivity index (χ3v) is 2.52. The van der Waals surface area contributed by atoms with Crippen molar-refractivity contribution in [2.45, 2.75) is 6.42 Å². The standard InChI is InChI=1S/C14H21N3O2/c1-17(2)10-6-9-15-11-14(19)16-12-7-4-3-5-8-13(12)18/h3-5,7-8,15H,6,9-11H2,1-2H3,(H,16,18,19). The molecule has 1 amide bonds. The van der Waals surface area contributed by atoms with E-state index in [4.69, 9.17) is 0 Å². The summed E-state index contributed by atoms with van der Waals surface area (Å²) in [5, 5.41) is 5.65. The Morgan fingerprint density at radius 3 is 2.68 bits per heavy atom. The smallest absolute Gasteiger partial charge is 0.238 e. The summed E-state index contributed by atoms with van der Waals surface area (Å²) in [6, 6.07) is 8.15. The Morgan fingerprint density at radius 1 is 1.21 bits per heavy atom. The molecule has 0 bridgehead atoms. The van der Waals surface area contributed by atoms with Gasteiger partial charge in [-0.3, -0.25) is 9.59 Å². The van der Waals surface area contributed by atoms with E-state index < -0.39 is 0 Å². The molecule has 2 N–H and O–H groups in total. The molecule has 1 rings (SSSR count). The average Bonchev–Trinajstić information content (AvgIpc) is 2.54. The first kappa shape index (κ1) is 15.3. The van der Waals surface area contributed by atoms with Crippen LogP contribution in [0.15, 0.2) is 35.1 Å². The van der Waals surface area contributed by atoms with Crippen molar-refractivity contribution in [2.24, 2.45) is 0 Å². The number of hydrogen-bond acceptors (Lipinski definition) is 4. The van der Waals surface area contributed by atoms with E-state index in [0.717, 1.165) is 19.5 Å². The lowest BCUT2D eigenvalue weighted by Gasteiger charge is -2.09. The zero-order chi connectivity index (χ0) is 14.1. The van der Waals surface area contributed by atoms with Crippen LogP contribution in [0.25, 0.3) is 0 Å². The highest BCUT2D eigenvalue weighted by molar-refractivity contribution is 5.92. The maximum atomic E-state index is 11.6. The number of hydrogen-bond donors (Lipinski definition) is 2. The minimum absolute atomic E-state index is 0.189. The zero-order valence-corrected chi connectivity index (χ0v) is 11.5. The SMILES string of the molecule is CN(C)CCCNCC(=O)Nc1cccccc1=O. The second-order valence-electron chi connectivity index (χ2n) is 4.57. The number of rotatable bonds is 7. The number of nitrogens with zero attached hydrogens (tertiary/aromatic N) is 1. The summed E-state index contributed by atoms with van der Waals surface area (Å²) in [6.45, 7) is 1.97. The molecule has 0 saturated carbocycles. The lowest BCUT2D eigenvalue weighted by atomic mass is 10.4. The van der Waals surface area contributed by atoms with Gasteiger partial charge < -0.3 is 15.5 Å². The van der Waals surface area contributed by atoms with Gasteiger partial charge in [0.05, 0.1) is 12.2 Å². The molecule has 0 atom stereocenters. The molecule has 5 nitrogen and oxygen atoms in total. The van der Waals surface area contributed by atoms with Crippen molar-refractivity contribution >= 4 is 11.6 Å². The van der Waals surface area contributed by atoms with Gasteiger partial charge >= 0.3 is 0 Å². The van der Waals surface area contributed by atoms with Crippen LogP contribution in [0.2, 0.25) is 0 Å². The van der Waals surface area contributed by atoms with Gasteiger partial charge in [-0.1, -0.05) is 18.2 Å². The van der Waals surface area contributed by atoms with Crippen molar-refractivity contribution in [2.75, 3.05) is 39.0 Å². The van der Waals surface area contributed by atoms with Crippen LogP contribution >= 0.6 is 0 Å². The fourth-order valence-corrected chi connectivity index (χ4v) is 1.55. The van der Waals surface area contributed by atoms with Crippen LogP contribution in [0, 0.1) is 0 Å². The summed E-state index contributed by atoms with van der Waals surface area (Å²) in [4.78, 5) is 25.3. The first-order chi connectivity index (χ1) is 9.09. The van der Waals surface area contributed by atoms with Crippen LogP contribution in [0.4, 0.5) is 5.69 Å². The van der Waals surface area contributed by atoms with Gasteiger partial charge in [0.1, 0.15) is 0 Å². The van der Waals surface area contributed by atoms with Crippen molar-refractivity contribution < 1.29 is 4.79 Å². The van der Waals surface area contributed by atoms with Gasteiger partial charge in [0.25, 0.3) is 0 Å². The third kappa shape index (κ3) is 6.69. The Balaban J connectivity index is 2.32. The summed E-state index contributed by atoms with van der Waals surface area (Å²) < 4.78 is 0. The highest BCUT2D eigenvalue weighted by Gasteiger charge is 2.03. The van der Waals surface area contributed by atoms with Crippen LogP contribution < -0.4 is 16.1 Å². The molecule has 0 aliphatic carbocycles. The zero-order valence-electron chi connectivity index (χ0n) is 11.5. The van der Waals surface area contributed by atoms with Gasteiger partial charge in [0, 0.05) is 0 Å². The minimum atomic E-state index is -0.201. The largest absolute Gasteiger partial charge is 0.322 e. The van der Waals surface area contributed by atoms with E-state index in [2.05, 4.69) is 15.5 Å². The van der Waals surface area contributed by atoms with Gasteiger partial charge in [0.15, 0.2) is 0 Å². The highest BCUT2D eigenvalue weighted by atomic mass is 16.2. The first-order valence-electron chi connectivity index (χ1n) is 6.34. The Hall–Kier alpha value is -1.72. The Bertz CT molecular complexity index is 460. The van der Waals surface area contributed by atoms with Gasteiger partial charge in [0.2, 0.25) is 11.3 Å². The number of nitrogens with one attached hydrogen (secondary N) is 2.